The fourth-order valence-electron chi connectivity index (χ4n) is 24.5. The van der Waals surface area contributed by atoms with Gasteiger partial charge in [0.2, 0.25) is 0 Å². The molecule has 0 bridgehead atoms. The molecule has 26 aromatic rings. The van der Waals surface area contributed by atoms with Gasteiger partial charge in [-0.25, -0.2) is 15.0 Å². The summed E-state index contributed by atoms with van der Waals surface area (Å²) in [5.74, 6) is 0. The second-order valence-electron chi connectivity index (χ2n) is 39.6. The molecule has 139 heavy (non-hydrogen) atoms. The first-order valence-corrected chi connectivity index (χ1v) is 48.5. The minimum atomic E-state index is -0.164. The molecule has 652 valence electrons. The van der Waals surface area contributed by atoms with Gasteiger partial charge in [-0.05, 0) is 244 Å². The van der Waals surface area contributed by atoms with Gasteiger partial charge >= 0.3 is 0 Å². The number of benzene rings is 22. The minimum absolute atomic E-state index is 0.136. The van der Waals surface area contributed by atoms with Crippen LogP contribution >= 0.6 is 0 Å². The van der Waals surface area contributed by atoms with E-state index in [0.717, 1.165) is 39.2 Å². The Morgan fingerprint density at radius 2 is 0.460 bits per heavy atom. The quantitative estimate of drug-likeness (QED) is 0.107. The minimum Gasteiger partial charge on any atom is -0.264 e. The Morgan fingerprint density at radius 1 is 0.173 bits per heavy atom. The summed E-state index contributed by atoms with van der Waals surface area (Å²) in [4.78, 5) is 20.1. The fourth-order valence-corrected chi connectivity index (χ4v) is 24.5. The van der Waals surface area contributed by atoms with Gasteiger partial charge in [0.15, 0.2) is 0 Å². The standard InChI is InChI=1S/C50H35N.C45H30N2.C40H27N/c1-50(2)43-23-13-11-21-40(43)49-48(50)47(41-22-12-14-24-44(41)51-49)35-27-25-32(26-28-35)36-29-30-39-42(31-36)46(34-17-7-4-8-18-34)38-20-10-9-19-37(38)45(39)33-15-5-3-6-16-33;1-45(2)38-11-5-3-9-36(38)44-43(45)42(37-10-4-6-12-39(37)47-44)30-15-13-27(14-16-30)32-21-17-28-20-24-35-33(31-8-7-25-46-26-31)22-18-29-19-23-34(32)40(28)41(29)35;1-40(2)33-12-5-3-10-31(33)39-38(40)37(32-11-4-6-13-34(32)41-39)28-16-14-24(15-17-28)29-22-20-27-19-18-25-8-7-9-26-21-23-30(29)36(27)35(25)26/h3-31H,1-2H3;3-26H,1-2H3;3-23H,1-2H3. The molecule has 22 aromatic carbocycles. The monoisotopic (exact) mass is 1770 g/mol. The third-order valence-corrected chi connectivity index (χ3v) is 30.9. The van der Waals surface area contributed by atoms with Crippen LogP contribution in [0.15, 0.2) is 449 Å². The van der Waals surface area contributed by atoms with Crippen LogP contribution in [-0.4, -0.2) is 19.9 Å². The molecule has 0 fully saturated rings. The summed E-state index contributed by atoms with van der Waals surface area (Å²) in [6.45, 7) is 14.1. The molecular formula is C135H92N4. The van der Waals surface area contributed by atoms with Gasteiger partial charge in [0.05, 0.1) is 33.6 Å². The normalized spacial score (nSPS) is 13.4. The first-order valence-electron chi connectivity index (χ1n) is 48.5. The molecule has 4 heteroatoms. The Morgan fingerprint density at radius 3 is 0.863 bits per heavy atom. The van der Waals surface area contributed by atoms with Crippen molar-refractivity contribution in [1.82, 2.24) is 19.9 Å². The van der Waals surface area contributed by atoms with Crippen molar-refractivity contribution in [3.05, 3.63) is 483 Å². The topological polar surface area (TPSA) is 51.6 Å². The van der Waals surface area contributed by atoms with E-state index in [4.69, 9.17) is 15.0 Å². The number of fused-ring (bicyclic) bond motifs is 14. The van der Waals surface area contributed by atoms with Crippen LogP contribution in [0.1, 0.15) is 74.9 Å². The van der Waals surface area contributed by atoms with Crippen LogP contribution in [0, 0.1) is 0 Å². The van der Waals surface area contributed by atoms with E-state index in [1.165, 1.54) is 247 Å². The van der Waals surface area contributed by atoms with Crippen molar-refractivity contribution in [2.24, 2.45) is 0 Å². The zero-order valence-corrected chi connectivity index (χ0v) is 78.0. The maximum Gasteiger partial charge on any atom is 0.0759 e. The third kappa shape index (κ3) is 12.6. The van der Waals surface area contributed by atoms with Gasteiger partial charge in [0, 0.05) is 67.1 Å². The Hall–Kier alpha value is -17.2. The molecule has 3 aliphatic carbocycles. The highest BCUT2D eigenvalue weighted by Crippen LogP contribution is 2.59. The van der Waals surface area contributed by atoms with Crippen LogP contribution in [0.5, 0.6) is 0 Å². The number of hydrogen-bond donors (Lipinski definition) is 0. The molecule has 0 saturated heterocycles. The number of nitrogens with zero attached hydrogens (tertiary/aromatic N) is 4. The zero-order valence-electron chi connectivity index (χ0n) is 78.0. The molecule has 0 aliphatic heterocycles. The van der Waals surface area contributed by atoms with E-state index < -0.39 is 0 Å². The lowest BCUT2D eigenvalue weighted by atomic mass is 9.78. The average molecular weight is 1770 g/mol. The Balaban J connectivity index is 0.000000106. The predicted molar refractivity (Wildman–Crippen MR) is 587 cm³/mol. The number of hydrogen-bond acceptors (Lipinski definition) is 4. The molecule has 0 atom stereocenters. The maximum atomic E-state index is 5.26. The second kappa shape index (κ2) is 31.5. The van der Waals surface area contributed by atoms with Crippen molar-refractivity contribution in [2.75, 3.05) is 0 Å². The van der Waals surface area contributed by atoms with E-state index in [2.05, 4.69) is 477 Å². The van der Waals surface area contributed by atoms with Gasteiger partial charge in [-0.2, -0.15) is 0 Å². The smallest absolute Gasteiger partial charge is 0.0759 e. The summed E-state index contributed by atoms with van der Waals surface area (Å²) >= 11 is 0. The Labute approximate surface area is 807 Å². The van der Waals surface area contributed by atoms with Crippen LogP contribution < -0.4 is 0 Å². The molecule has 4 nitrogen and oxygen atoms in total. The molecular weight excluding hydrogens is 1680 g/mol. The number of para-hydroxylation sites is 3. The van der Waals surface area contributed by atoms with Crippen LogP contribution in [0.3, 0.4) is 0 Å². The number of rotatable bonds is 9. The molecule has 4 heterocycles. The summed E-state index contributed by atoms with van der Waals surface area (Å²) in [7, 11) is 0. The summed E-state index contributed by atoms with van der Waals surface area (Å²) in [6, 6.07) is 160. The summed E-state index contributed by atoms with van der Waals surface area (Å²) < 4.78 is 0. The van der Waals surface area contributed by atoms with Gasteiger partial charge in [-0.3, -0.25) is 4.98 Å². The highest BCUT2D eigenvalue weighted by molar-refractivity contribution is 6.29. The first-order chi connectivity index (χ1) is 68.2. The lowest BCUT2D eigenvalue weighted by Gasteiger charge is -2.25. The first kappa shape index (κ1) is 81.4. The fraction of sp³-hybridized carbons (Fsp3) is 0.0667. The van der Waals surface area contributed by atoms with E-state index >= 15 is 0 Å². The molecule has 0 unspecified atom stereocenters. The molecule has 0 N–H and O–H groups in total. The highest BCUT2D eigenvalue weighted by atomic mass is 14.8. The predicted octanol–water partition coefficient (Wildman–Crippen LogP) is 36.1. The zero-order chi connectivity index (χ0) is 92.7. The van der Waals surface area contributed by atoms with E-state index in [1.54, 1.807) is 0 Å². The highest BCUT2D eigenvalue weighted by Gasteiger charge is 2.43. The lowest BCUT2D eigenvalue weighted by Crippen LogP contribution is -2.16. The van der Waals surface area contributed by atoms with Crippen molar-refractivity contribution in [2.45, 2.75) is 57.8 Å². The van der Waals surface area contributed by atoms with Gasteiger partial charge in [-0.15, -0.1) is 0 Å². The van der Waals surface area contributed by atoms with Crippen LogP contribution in [0.2, 0.25) is 0 Å². The van der Waals surface area contributed by atoms with Crippen molar-refractivity contribution < 1.29 is 0 Å². The Bertz CT molecular complexity index is 9530. The second-order valence-corrected chi connectivity index (χ2v) is 39.6. The van der Waals surface area contributed by atoms with E-state index in [0.29, 0.717) is 0 Å². The van der Waals surface area contributed by atoms with E-state index in [-0.39, 0.29) is 16.2 Å². The third-order valence-electron chi connectivity index (χ3n) is 30.9. The summed E-state index contributed by atoms with van der Waals surface area (Å²) in [5.41, 5.74) is 40.1. The van der Waals surface area contributed by atoms with Crippen molar-refractivity contribution in [1.29, 1.82) is 0 Å². The van der Waals surface area contributed by atoms with Gasteiger partial charge in [0.1, 0.15) is 0 Å². The summed E-state index contributed by atoms with van der Waals surface area (Å²) in [5, 5.41) is 24.3. The summed E-state index contributed by atoms with van der Waals surface area (Å²) in [6.07, 6.45) is 3.79. The number of aromatic nitrogens is 4. The lowest BCUT2D eigenvalue weighted by molar-refractivity contribution is 0.661. The largest absolute Gasteiger partial charge is 0.264 e. The van der Waals surface area contributed by atoms with Gasteiger partial charge in [0.25, 0.3) is 0 Å². The van der Waals surface area contributed by atoms with E-state index in [1.807, 2.05) is 18.5 Å². The molecule has 0 saturated carbocycles. The Kier molecular flexibility index (Phi) is 18.4. The van der Waals surface area contributed by atoms with Gasteiger partial charge in [-0.1, -0.05) is 448 Å². The molecule has 0 radical (unpaired) electrons. The van der Waals surface area contributed by atoms with Crippen LogP contribution in [-0.2, 0) is 16.2 Å². The average Bonchev–Trinajstić information content (AvgIpc) is 1.55. The van der Waals surface area contributed by atoms with Crippen molar-refractivity contribution >= 4 is 119 Å². The van der Waals surface area contributed by atoms with Crippen molar-refractivity contribution in [3.8, 4) is 134 Å². The van der Waals surface area contributed by atoms with Crippen LogP contribution in [0.4, 0.5) is 0 Å². The molecule has 3 aliphatic rings. The molecule has 0 amide bonds. The maximum absolute atomic E-state index is 5.26. The molecule has 0 spiro atoms. The van der Waals surface area contributed by atoms with Crippen molar-refractivity contribution in [3.63, 3.8) is 0 Å². The number of pyridine rings is 4. The molecule has 4 aromatic heterocycles. The van der Waals surface area contributed by atoms with E-state index in [9.17, 15) is 0 Å². The SMILES string of the molecule is CC1(C)c2ccccc2-c2nc3ccccc3c(-c3ccc(-c4ccc5c(-c6ccccc6)c6ccccc6c(-c6ccccc6)c5c4)cc3)c21.CC1(C)c2ccccc2-c2nc3ccccc3c(-c3ccc(-c4ccc5ccc6c(-c7cccnc7)ccc7ccc4c5c76)cc3)c21.CC1(C)c2ccccc2-c2nc3ccccc3c(-c3ccc(-c4ccc5ccc6cccc7ccc4c5c67)cc3)c21. The van der Waals surface area contributed by atoms with Gasteiger partial charge < -0.3 is 0 Å². The van der Waals surface area contributed by atoms with Crippen LogP contribution in [0.25, 0.3) is 253 Å². The molecule has 29 rings (SSSR count).